The number of nitrogens with zero attached hydrogens (tertiary/aromatic N) is 1. The van der Waals surface area contributed by atoms with E-state index in [0.717, 1.165) is 18.9 Å². The Balaban J connectivity index is 1.97. The third-order valence-electron chi connectivity index (χ3n) is 3.60. The Morgan fingerprint density at radius 3 is 2.62 bits per heavy atom. The molecule has 0 saturated heterocycles. The second-order valence-corrected chi connectivity index (χ2v) is 5.16. The Morgan fingerprint density at radius 1 is 1.43 bits per heavy atom. The van der Waals surface area contributed by atoms with Crippen molar-refractivity contribution < 1.29 is 18.7 Å². The number of amides is 1. The van der Waals surface area contributed by atoms with E-state index in [0.29, 0.717) is 6.54 Å². The fourth-order valence-corrected chi connectivity index (χ4v) is 2.14. The molecule has 6 heteroatoms. The van der Waals surface area contributed by atoms with Gasteiger partial charge in [0.05, 0.1) is 5.56 Å². The van der Waals surface area contributed by atoms with E-state index in [2.05, 4.69) is 0 Å². The normalized spacial score (nSPS) is 13.9. The number of halogens is 1. The van der Waals surface area contributed by atoms with E-state index in [1.54, 1.807) is 4.90 Å². The lowest BCUT2D eigenvalue weighted by Crippen LogP contribution is -2.36. The van der Waals surface area contributed by atoms with Crippen LogP contribution in [0.25, 0.3) is 0 Å². The number of benzene rings is 1. The first kappa shape index (κ1) is 15.3. The smallest absolute Gasteiger partial charge is 0.338 e. The van der Waals surface area contributed by atoms with Crippen LogP contribution in [0, 0.1) is 12.7 Å². The molecule has 5 nitrogen and oxygen atoms in total. The van der Waals surface area contributed by atoms with Crippen LogP contribution in [0.3, 0.4) is 0 Å². The van der Waals surface area contributed by atoms with Crippen molar-refractivity contribution in [3.63, 3.8) is 0 Å². The molecule has 21 heavy (non-hydrogen) atoms. The molecule has 0 atom stereocenters. The third kappa shape index (κ3) is 3.51. The largest absolute Gasteiger partial charge is 0.452 e. The second kappa shape index (κ2) is 6.11. The highest BCUT2D eigenvalue weighted by Crippen LogP contribution is 2.26. The summed E-state index contributed by atoms with van der Waals surface area (Å²) in [5, 5.41) is 0. The van der Waals surface area contributed by atoms with Gasteiger partial charge in [0.2, 0.25) is 0 Å². The molecule has 0 aliphatic heterocycles. The molecule has 2 rings (SSSR count). The highest BCUT2D eigenvalue weighted by Gasteiger charge is 2.31. The molecule has 0 unspecified atom stereocenters. The van der Waals surface area contributed by atoms with Crippen LogP contribution in [-0.2, 0) is 9.53 Å². The van der Waals surface area contributed by atoms with Crippen LogP contribution in [0.15, 0.2) is 12.1 Å². The molecule has 1 aliphatic carbocycles. The zero-order valence-corrected chi connectivity index (χ0v) is 12.2. The van der Waals surface area contributed by atoms with E-state index >= 15 is 0 Å². The van der Waals surface area contributed by atoms with Crippen molar-refractivity contribution in [2.24, 2.45) is 0 Å². The van der Waals surface area contributed by atoms with Crippen molar-refractivity contribution in [3.05, 3.63) is 29.1 Å². The minimum absolute atomic E-state index is 0.0119. The maximum atomic E-state index is 13.5. The van der Waals surface area contributed by atoms with Gasteiger partial charge in [-0.2, -0.15) is 0 Å². The van der Waals surface area contributed by atoms with E-state index < -0.39 is 11.8 Å². The van der Waals surface area contributed by atoms with Crippen LogP contribution in [0.2, 0.25) is 0 Å². The number of carbonyl (C=O) groups excluding carboxylic acids is 2. The van der Waals surface area contributed by atoms with Gasteiger partial charge in [-0.1, -0.05) is 0 Å². The number of nitrogen functional groups attached to an aromatic ring is 1. The number of rotatable bonds is 5. The number of hydrogen-bond acceptors (Lipinski definition) is 4. The first-order chi connectivity index (χ1) is 9.93. The number of likely N-dealkylation sites (N-methyl/N-ethyl adjacent to an activating group) is 1. The van der Waals surface area contributed by atoms with E-state index in [4.69, 9.17) is 10.5 Å². The summed E-state index contributed by atoms with van der Waals surface area (Å²) in [6, 6.07) is 2.69. The molecular weight excluding hydrogens is 275 g/mol. The minimum Gasteiger partial charge on any atom is -0.452 e. The highest BCUT2D eigenvalue weighted by molar-refractivity contribution is 5.92. The molecule has 0 spiro atoms. The van der Waals surface area contributed by atoms with Crippen molar-refractivity contribution in [3.8, 4) is 0 Å². The lowest BCUT2D eigenvalue weighted by molar-refractivity contribution is -0.134. The van der Waals surface area contributed by atoms with Crippen molar-refractivity contribution in [2.75, 3.05) is 18.9 Å². The summed E-state index contributed by atoms with van der Waals surface area (Å²) in [6.07, 6.45) is 1.99. The third-order valence-corrected chi connectivity index (χ3v) is 3.60. The predicted molar refractivity (Wildman–Crippen MR) is 76.2 cm³/mol. The fourth-order valence-electron chi connectivity index (χ4n) is 2.14. The first-order valence-electron chi connectivity index (χ1n) is 6.96. The standard InChI is InChI=1S/C15H19FN2O3/c1-3-18(11-4-5-11)14(19)8-21-15(20)10-6-12(16)9(2)13(17)7-10/h6-7,11H,3-5,8,17H2,1-2H3. The summed E-state index contributed by atoms with van der Waals surface area (Å²) in [5.41, 5.74) is 6.09. The highest BCUT2D eigenvalue weighted by atomic mass is 19.1. The molecule has 114 valence electrons. The number of nitrogens with two attached hydrogens (primary N) is 1. The fraction of sp³-hybridized carbons (Fsp3) is 0.467. The molecule has 1 aromatic carbocycles. The van der Waals surface area contributed by atoms with Gasteiger partial charge in [-0.15, -0.1) is 0 Å². The maximum Gasteiger partial charge on any atom is 0.338 e. The van der Waals surface area contributed by atoms with Crippen LogP contribution in [0.5, 0.6) is 0 Å². The van der Waals surface area contributed by atoms with Gasteiger partial charge < -0.3 is 15.4 Å². The summed E-state index contributed by atoms with van der Waals surface area (Å²) >= 11 is 0. The van der Waals surface area contributed by atoms with Crippen molar-refractivity contribution in [2.45, 2.75) is 32.7 Å². The Morgan fingerprint density at radius 2 is 2.10 bits per heavy atom. The van der Waals surface area contributed by atoms with Gasteiger partial charge in [0.25, 0.3) is 5.91 Å². The molecule has 2 N–H and O–H groups in total. The van der Waals surface area contributed by atoms with Gasteiger partial charge in [-0.25, -0.2) is 9.18 Å². The van der Waals surface area contributed by atoms with Crippen LogP contribution in [0.4, 0.5) is 10.1 Å². The Bertz CT molecular complexity index is 547. The molecule has 0 heterocycles. The lowest BCUT2D eigenvalue weighted by Gasteiger charge is -2.20. The van der Waals surface area contributed by atoms with Crippen molar-refractivity contribution in [1.82, 2.24) is 4.90 Å². The number of carbonyl (C=O) groups is 2. The van der Waals surface area contributed by atoms with Crippen molar-refractivity contribution >= 4 is 17.6 Å². The molecule has 1 aliphatic rings. The topological polar surface area (TPSA) is 72.6 Å². The van der Waals surface area contributed by atoms with Gasteiger partial charge in [0.15, 0.2) is 6.61 Å². The molecule has 1 saturated carbocycles. The monoisotopic (exact) mass is 294 g/mol. The van der Waals surface area contributed by atoms with Crippen LogP contribution in [0.1, 0.15) is 35.7 Å². The number of hydrogen-bond donors (Lipinski definition) is 1. The zero-order valence-electron chi connectivity index (χ0n) is 12.2. The minimum atomic E-state index is -0.749. The predicted octanol–water partition coefficient (Wildman–Crippen LogP) is 1.88. The van der Waals surface area contributed by atoms with Crippen molar-refractivity contribution in [1.29, 1.82) is 0 Å². The van der Waals surface area contributed by atoms with E-state index in [9.17, 15) is 14.0 Å². The molecule has 0 aromatic heterocycles. The molecule has 0 bridgehead atoms. The summed E-state index contributed by atoms with van der Waals surface area (Å²) < 4.78 is 18.5. The molecule has 1 fully saturated rings. The summed E-state index contributed by atoms with van der Waals surface area (Å²) in [5.74, 6) is -1.55. The molecule has 1 aromatic rings. The SMILES string of the molecule is CCN(C(=O)COC(=O)c1cc(N)c(C)c(F)c1)C1CC1. The van der Waals surface area contributed by atoms with Crippen LogP contribution < -0.4 is 5.73 Å². The van der Waals surface area contributed by atoms with Gasteiger partial charge in [0.1, 0.15) is 5.82 Å². The van der Waals surface area contributed by atoms with Crippen LogP contribution >= 0.6 is 0 Å². The Kier molecular flexibility index (Phi) is 4.45. The lowest BCUT2D eigenvalue weighted by atomic mass is 10.1. The van der Waals surface area contributed by atoms with Gasteiger partial charge in [0, 0.05) is 23.8 Å². The second-order valence-electron chi connectivity index (χ2n) is 5.16. The molecule has 0 radical (unpaired) electrons. The van der Waals surface area contributed by atoms with E-state index in [1.807, 2.05) is 6.92 Å². The summed E-state index contributed by atoms with van der Waals surface area (Å²) in [7, 11) is 0. The number of ether oxygens (including phenoxy) is 1. The average molecular weight is 294 g/mol. The summed E-state index contributed by atoms with van der Waals surface area (Å²) in [4.78, 5) is 25.5. The van der Waals surface area contributed by atoms with E-state index in [-0.39, 0.29) is 35.4 Å². The Labute approximate surface area is 122 Å². The number of esters is 1. The molecule has 1 amide bonds. The quantitative estimate of drug-likeness (QED) is 0.665. The molecular formula is C15H19FN2O3. The summed E-state index contributed by atoms with van der Waals surface area (Å²) in [6.45, 7) is 3.66. The number of anilines is 1. The van der Waals surface area contributed by atoms with Gasteiger partial charge >= 0.3 is 5.97 Å². The van der Waals surface area contributed by atoms with Gasteiger partial charge in [-0.05, 0) is 38.8 Å². The van der Waals surface area contributed by atoms with Gasteiger partial charge in [-0.3, -0.25) is 4.79 Å². The van der Waals surface area contributed by atoms with E-state index in [1.165, 1.54) is 13.0 Å². The Hall–Kier alpha value is -2.11. The maximum absolute atomic E-state index is 13.5. The average Bonchev–Trinajstić information content (AvgIpc) is 3.27. The first-order valence-corrected chi connectivity index (χ1v) is 6.96. The zero-order chi connectivity index (χ0) is 15.6. The van der Waals surface area contributed by atoms with Crippen LogP contribution in [-0.4, -0.2) is 36.0 Å².